The van der Waals surface area contributed by atoms with E-state index >= 15 is 0 Å². The van der Waals surface area contributed by atoms with E-state index in [4.69, 9.17) is 0 Å². The molecule has 2 aromatic carbocycles. The number of rotatable bonds is 4. The zero-order valence-corrected chi connectivity index (χ0v) is 16.9. The summed E-state index contributed by atoms with van der Waals surface area (Å²) in [6, 6.07) is 5.55. The molecule has 118 valence electrons. The molecule has 0 heterocycles. The molecule has 0 bridgehead atoms. The molecule has 0 saturated carbocycles. The first kappa shape index (κ1) is 17.9. The van der Waals surface area contributed by atoms with Gasteiger partial charge in [-0.15, -0.1) is 0 Å². The highest BCUT2D eigenvalue weighted by Crippen LogP contribution is 2.40. The topological polar surface area (TPSA) is 52.8 Å². The number of aromatic hydroxyl groups is 1. The molecule has 2 N–H and O–H groups in total. The smallest absolute Gasteiger partial charge is 0.139 e. The second-order valence-corrected chi connectivity index (χ2v) is 7.80. The average Bonchev–Trinajstić information content (AvgIpc) is 2.48. The summed E-state index contributed by atoms with van der Waals surface area (Å²) in [4.78, 5) is 4.39. The highest BCUT2D eigenvalue weighted by atomic mass is 79.9. The minimum atomic E-state index is -0.181. The van der Waals surface area contributed by atoms with Gasteiger partial charge < -0.3 is 10.2 Å². The van der Waals surface area contributed by atoms with Crippen molar-refractivity contribution in [3.8, 4) is 5.75 Å². The van der Waals surface area contributed by atoms with Crippen LogP contribution >= 0.6 is 47.8 Å². The van der Waals surface area contributed by atoms with Crippen LogP contribution in [0.2, 0.25) is 0 Å². The number of aliphatic hydroxyl groups is 1. The highest BCUT2D eigenvalue weighted by molar-refractivity contribution is 9.13. The monoisotopic (exact) mass is 491 g/mol. The molecule has 0 fully saturated rings. The number of fused-ring (bicyclic) bond motifs is 1. The Kier molecular flexibility index (Phi) is 6.05. The molecule has 0 aliphatic carbocycles. The lowest BCUT2D eigenvalue weighted by atomic mass is 10.0. The number of aliphatic hydroxyl groups excluding tert-OH is 1. The molecule has 2 rings (SSSR count). The molecule has 0 radical (unpaired) electrons. The molecule has 0 spiro atoms. The van der Waals surface area contributed by atoms with Crippen molar-refractivity contribution in [3.63, 3.8) is 0 Å². The lowest BCUT2D eigenvalue weighted by Crippen LogP contribution is -2.17. The van der Waals surface area contributed by atoms with Crippen molar-refractivity contribution in [2.75, 3.05) is 6.61 Å². The highest BCUT2D eigenvalue weighted by Gasteiger charge is 2.14. The van der Waals surface area contributed by atoms with Gasteiger partial charge in [-0.05, 0) is 71.2 Å². The minimum absolute atomic E-state index is 0.0150. The lowest BCUT2D eigenvalue weighted by molar-refractivity contribution is 0.240. The maximum atomic E-state index is 10.4. The van der Waals surface area contributed by atoms with E-state index in [1.807, 2.05) is 32.0 Å². The zero-order chi connectivity index (χ0) is 16.4. The lowest BCUT2D eigenvalue weighted by Gasteiger charge is -2.14. The summed E-state index contributed by atoms with van der Waals surface area (Å²) >= 11 is 10.5. The van der Waals surface area contributed by atoms with Crippen LogP contribution in [0.15, 0.2) is 36.6 Å². The molecule has 0 aliphatic rings. The fourth-order valence-corrected chi connectivity index (χ4v) is 3.46. The van der Waals surface area contributed by atoms with Crippen LogP contribution in [0, 0.1) is 5.92 Å². The van der Waals surface area contributed by atoms with Crippen molar-refractivity contribution < 1.29 is 10.2 Å². The summed E-state index contributed by atoms with van der Waals surface area (Å²) in [5.74, 6) is 0.374. The standard InChI is InChI=1S/C16H16Br3NO2/c1-8(2)13(7-21)20-6-9-5-11-10(15(19)16(9)22)3-4-12(17)14(11)18/h3-6,8,13,21-22H,7H2,1-2H3/t13-/m1/s1. The van der Waals surface area contributed by atoms with Crippen LogP contribution in [0.25, 0.3) is 10.8 Å². The van der Waals surface area contributed by atoms with E-state index in [1.165, 1.54) is 0 Å². The van der Waals surface area contributed by atoms with E-state index in [2.05, 4.69) is 52.8 Å². The Morgan fingerprint density at radius 2 is 1.82 bits per heavy atom. The Hall–Kier alpha value is -0.430. The summed E-state index contributed by atoms with van der Waals surface area (Å²) in [6.45, 7) is 3.99. The SMILES string of the molecule is CC(C)[C@@H](CO)N=Cc1cc2c(Br)c(Br)ccc2c(Br)c1O. The first-order valence-electron chi connectivity index (χ1n) is 6.80. The van der Waals surface area contributed by atoms with Crippen molar-refractivity contribution >= 4 is 64.8 Å². The van der Waals surface area contributed by atoms with Gasteiger partial charge in [0.1, 0.15) is 5.75 Å². The van der Waals surface area contributed by atoms with Gasteiger partial charge in [-0.1, -0.05) is 19.9 Å². The maximum absolute atomic E-state index is 10.4. The molecule has 1 atom stereocenters. The summed E-state index contributed by atoms with van der Waals surface area (Å²) in [5.41, 5.74) is 0.609. The Morgan fingerprint density at radius 1 is 1.14 bits per heavy atom. The van der Waals surface area contributed by atoms with Gasteiger partial charge in [-0.25, -0.2) is 0 Å². The van der Waals surface area contributed by atoms with Crippen LogP contribution in [0.4, 0.5) is 0 Å². The number of hydrogen-bond donors (Lipinski definition) is 2. The van der Waals surface area contributed by atoms with Crippen molar-refractivity contribution in [3.05, 3.63) is 37.2 Å². The third-order valence-corrected chi connectivity index (χ3v) is 6.36. The molecule has 22 heavy (non-hydrogen) atoms. The van der Waals surface area contributed by atoms with Gasteiger partial charge in [0.25, 0.3) is 0 Å². The fourth-order valence-electron chi connectivity index (χ4n) is 2.08. The predicted octanol–water partition coefficient (Wildman–Crippen LogP) is 5.27. The van der Waals surface area contributed by atoms with Crippen LogP contribution in [0.3, 0.4) is 0 Å². The molecule has 0 unspecified atom stereocenters. The van der Waals surface area contributed by atoms with Crippen molar-refractivity contribution in [2.24, 2.45) is 10.9 Å². The van der Waals surface area contributed by atoms with Gasteiger partial charge in [0.15, 0.2) is 0 Å². The largest absolute Gasteiger partial charge is 0.506 e. The van der Waals surface area contributed by atoms with Gasteiger partial charge in [0.05, 0.1) is 17.1 Å². The minimum Gasteiger partial charge on any atom is -0.506 e. The van der Waals surface area contributed by atoms with E-state index < -0.39 is 0 Å². The predicted molar refractivity (Wildman–Crippen MR) is 102 cm³/mol. The Labute approximate surface area is 154 Å². The molecule has 6 heteroatoms. The van der Waals surface area contributed by atoms with Gasteiger partial charge in [0.2, 0.25) is 0 Å². The number of hydrogen-bond acceptors (Lipinski definition) is 3. The van der Waals surface area contributed by atoms with Crippen molar-refractivity contribution in [1.29, 1.82) is 0 Å². The van der Waals surface area contributed by atoms with E-state index in [0.717, 1.165) is 19.7 Å². The number of aliphatic imine (C=N–C) groups is 1. The van der Waals surface area contributed by atoms with Crippen LogP contribution in [0.5, 0.6) is 5.75 Å². The third kappa shape index (κ3) is 3.55. The van der Waals surface area contributed by atoms with Crippen molar-refractivity contribution in [2.45, 2.75) is 19.9 Å². The van der Waals surface area contributed by atoms with Crippen LogP contribution in [0.1, 0.15) is 19.4 Å². The zero-order valence-electron chi connectivity index (χ0n) is 12.1. The number of halogens is 3. The number of nitrogens with zero attached hydrogens (tertiary/aromatic N) is 1. The first-order chi connectivity index (χ1) is 10.4. The van der Waals surface area contributed by atoms with Crippen LogP contribution < -0.4 is 0 Å². The number of phenolic OH excluding ortho intramolecular Hbond substituents is 1. The van der Waals surface area contributed by atoms with Crippen LogP contribution in [-0.4, -0.2) is 29.1 Å². The van der Waals surface area contributed by atoms with Gasteiger partial charge >= 0.3 is 0 Å². The molecular formula is C16H16Br3NO2. The Bertz CT molecular complexity index is 729. The molecule has 0 saturated heterocycles. The fraction of sp³-hybridized carbons (Fsp3) is 0.312. The van der Waals surface area contributed by atoms with Crippen LogP contribution in [-0.2, 0) is 0 Å². The molecule has 0 aromatic heterocycles. The number of benzene rings is 2. The second-order valence-electron chi connectivity index (χ2n) is 5.36. The number of phenols is 1. The van der Waals surface area contributed by atoms with Gasteiger partial charge in [0, 0.05) is 26.1 Å². The summed E-state index contributed by atoms with van der Waals surface area (Å²) < 4.78 is 2.49. The van der Waals surface area contributed by atoms with E-state index in [1.54, 1.807) is 6.21 Å². The second kappa shape index (κ2) is 7.43. The maximum Gasteiger partial charge on any atom is 0.139 e. The molecule has 3 nitrogen and oxygen atoms in total. The molecule has 2 aromatic rings. The van der Waals surface area contributed by atoms with Crippen molar-refractivity contribution in [1.82, 2.24) is 0 Å². The first-order valence-corrected chi connectivity index (χ1v) is 9.18. The summed E-state index contributed by atoms with van der Waals surface area (Å²) in [5, 5.41) is 21.6. The molecule has 0 aliphatic heterocycles. The summed E-state index contributed by atoms with van der Waals surface area (Å²) in [7, 11) is 0. The van der Waals surface area contributed by atoms with Gasteiger partial charge in [-0.3, -0.25) is 4.99 Å². The van der Waals surface area contributed by atoms with E-state index in [9.17, 15) is 10.2 Å². The van der Waals surface area contributed by atoms with E-state index in [-0.39, 0.29) is 24.3 Å². The van der Waals surface area contributed by atoms with Gasteiger partial charge in [-0.2, -0.15) is 0 Å². The molecular weight excluding hydrogens is 478 g/mol. The Morgan fingerprint density at radius 3 is 2.41 bits per heavy atom. The summed E-state index contributed by atoms with van der Waals surface area (Å²) in [6.07, 6.45) is 1.62. The van der Waals surface area contributed by atoms with E-state index in [0.29, 0.717) is 10.0 Å². The third-order valence-electron chi connectivity index (χ3n) is 3.51. The quantitative estimate of drug-likeness (QED) is 0.570. The normalized spacial score (nSPS) is 13.4. The Balaban J connectivity index is 2.57. The average molecular weight is 494 g/mol. The molecule has 0 amide bonds.